The molecule has 0 aliphatic heterocycles. The van der Waals surface area contributed by atoms with Crippen molar-refractivity contribution in [1.29, 1.82) is 0 Å². The van der Waals surface area contributed by atoms with Gasteiger partial charge in [-0.05, 0) is 56.2 Å². The van der Waals surface area contributed by atoms with E-state index in [-0.39, 0.29) is 0 Å². The van der Waals surface area contributed by atoms with Crippen molar-refractivity contribution in [2.45, 2.75) is 44.8 Å². The zero-order valence-electron chi connectivity index (χ0n) is 15.4. The van der Waals surface area contributed by atoms with Crippen LogP contribution in [0.15, 0.2) is 48.5 Å². The summed E-state index contributed by atoms with van der Waals surface area (Å²) in [5.41, 5.74) is 1.49. The summed E-state index contributed by atoms with van der Waals surface area (Å²) in [4.78, 5) is 0. The molecule has 0 aromatic heterocycles. The van der Waals surface area contributed by atoms with Gasteiger partial charge in [-0.2, -0.15) is 13.2 Å². The van der Waals surface area contributed by atoms with Crippen LogP contribution in [0.2, 0.25) is 0 Å². The van der Waals surface area contributed by atoms with Crippen molar-refractivity contribution >= 4 is 15.7 Å². The summed E-state index contributed by atoms with van der Waals surface area (Å²) in [5.74, 6) is 0. The maximum absolute atomic E-state index is 12.5. The number of rotatable bonds is 6. The van der Waals surface area contributed by atoms with Crippen molar-refractivity contribution in [2.24, 2.45) is 0 Å². The van der Waals surface area contributed by atoms with Crippen LogP contribution in [0.25, 0.3) is 0 Å². The van der Waals surface area contributed by atoms with E-state index >= 15 is 0 Å². The summed E-state index contributed by atoms with van der Waals surface area (Å²) < 4.78 is 63.5. The first-order chi connectivity index (χ1) is 12.4. The Bertz CT molecular complexity index is 854. The van der Waals surface area contributed by atoms with Gasteiger partial charge in [-0.3, -0.25) is 4.72 Å². The highest BCUT2D eigenvalue weighted by molar-refractivity contribution is 7.94. The molecular formula is C19H23F3N2O2S. The van der Waals surface area contributed by atoms with E-state index in [0.717, 1.165) is 23.3 Å². The minimum absolute atomic E-state index is 0.427. The van der Waals surface area contributed by atoms with E-state index in [4.69, 9.17) is 0 Å². The molecule has 2 N–H and O–H groups in total. The molecule has 0 heterocycles. The molecule has 0 fully saturated rings. The predicted octanol–water partition coefficient (Wildman–Crippen LogP) is 4.54. The lowest BCUT2D eigenvalue weighted by Gasteiger charge is -2.20. The van der Waals surface area contributed by atoms with E-state index in [1.165, 1.54) is 12.1 Å². The molecule has 8 heteroatoms. The summed E-state index contributed by atoms with van der Waals surface area (Å²) in [6.45, 7) is 5.79. The number of hydrogen-bond acceptors (Lipinski definition) is 3. The Kier molecular flexibility index (Phi) is 6.21. The number of hydrogen-bond donors (Lipinski definition) is 2. The van der Waals surface area contributed by atoms with E-state index in [9.17, 15) is 21.6 Å². The molecule has 0 saturated carbocycles. The Morgan fingerprint density at radius 2 is 1.26 bits per heavy atom. The van der Waals surface area contributed by atoms with E-state index in [2.05, 4.69) is 10.0 Å². The van der Waals surface area contributed by atoms with Crippen molar-refractivity contribution in [3.8, 4) is 0 Å². The minimum Gasteiger partial charge on any atom is -0.309 e. The van der Waals surface area contributed by atoms with Crippen LogP contribution in [0.3, 0.4) is 0 Å². The maximum Gasteiger partial charge on any atom is 0.416 e. The first kappa shape index (κ1) is 21.2. The Morgan fingerprint density at radius 1 is 0.815 bits per heavy atom. The van der Waals surface area contributed by atoms with Crippen LogP contribution < -0.4 is 10.0 Å². The molecule has 2 aromatic rings. The monoisotopic (exact) mass is 400 g/mol. The van der Waals surface area contributed by atoms with Gasteiger partial charge >= 0.3 is 6.18 Å². The highest BCUT2D eigenvalue weighted by atomic mass is 32.2. The average molecular weight is 400 g/mol. The van der Waals surface area contributed by atoms with Gasteiger partial charge in [0.2, 0.25) is 10.0 Å². The van der Waals surface area contributed by atoms with Crippen LogP contribution in [0.1, 0.15) is 37.5 Å². The minimum atomic E-state index is -4.33. The molecule has 0 aliphatic rings. The van der Waals surface area contributed by atoms with Crippen LogP contribution in [0.5, 0.6) is 0 Å². The third-order valence-electron chi connectivity index (χ3n) is 3.95. The fourth-order valence-electron chi connectivity index (χ4n) is 2.16. The third kappa shape index (κ3) is 5.97. The van der Waals surface area contributed by atoms with Crippen LogP contribution >= 0.6 is 0 Å². The average Bonchev–Trinajstić information content (AvgIpc) is 2.55. The molecule has 0 amide bonds. The lowest BCUT2D eigenvalue weighted by Crippen LogP contribution is -2.33. The van der Waals surface area contributed by atoms with Crippen LogP contribution in [0.4, 0.5) is 18.9 Å². The number of benzene rings is 2. The molecule has 2 rings (SSSR count). The molecule has 0 saturated heterocycles. The molecule has 0 bridgehead atoms. The largest absolute Gasteiger partial charge is 0.416 e. The first-order valence-electron chi connectivity index (χ1n) is 8.37. The second-order valence-electron chi connectivity index (χ2n) is 7.21. The summed E-state index contributed by atoms with van der Waals surface area (Å²) in [5, 5.41) is 3.15. The van der Waals surface area contributed by atoms with Crippen molar-refractivity contribution in [3.63, 3.8) is 0 Å². The normalized spacial score (nSPS) is 12.8. The van der Waals surface area contributed by atoms with Gasteiger partial charge in [0.05, 0.1) is 10.3 Å². The molecule has 27 heavy (non-hydrogen) atoms. The molecular weight excluding hydrogens is 377 g/mol. The highest BCUT2D eigenvalue weighted by Gasteiger charge is 2.30. The smallest absolute Gasteiger partial charge is 0.309 e. The fourth-order valence-corrected chi connectivity index (χ4v) is 2.91. The van der Waals surface area contributed by atoms with E-state index in [1.54, 1.807) is 45.0 Å². The van der Waals surface area contributed by atoms with Gasteiger partial charge in [-0.1, -0.05) is 24.3 Å². The van der Waals surface area contributed by atoms with E-state index in [1.807, 2.05) is 0 Å². The van der Waals surface area contributed by atoms with Gasteiger partial charge in [0.15, 0.2) is 0 Å². The van der Waals surface area contributed by atoms with Crippen LogP contribution in [0, 0.1) is 0 Å². The number of alkyl halides is 3. The van der Waals surface area contributed by atoms with Crippen molar-refractivity contribution in [3.05, 3.63) is 65.2 Å². The number of halogens is 3. The van der Waals surface area contributed by atoms with E-state index < -0.39 is 26.5 Å². The Labute approximate surface area is 157 Å². The molecule has 0 spiro atoms. The summed E-state index contributed by atoms with van der Waals surface area (Å²) in [6.07, 6.45) is -4.33. The third-order valence-corrected chi connectivity index (χ3v) is 6.07. The van der Waals surface area contributed by atoms with Gasteiger partial charge in [0, 0.05) is 18.8 Å². The molecule has 0 aliphatic carbocycles. The molecule has 0 atom stereocenters. The number of sulfonamides is 1. The van der Waals surface area contributed by atoms with Crippen LogP contribution in [-0.2, 0) is 29.3 Å². The van der Waals surface area contributed by atoms with Gasteiger partial charge in [-0.15, -0.1) is 0 Å². The van der Waals surface area contributed by atoms with Crippen molar-refractivity contribution in [2.75, 3.05) is 4.72 Å². The molecule has 0 radical (unpaired) electrons. The standard InChI is InChI=1S/C19H23F3N2O2S/c1-18(2,3)27(25,26)24-17-10-6-15(7-11-17)13-23-12-14-4-8-16(9-5-14)19(20,21)22/h4-11,23-24H,12-13H2,1-3H3. The Hall–Kier alpha value is -2.06. The van der Waals surface area contributed by atoms with Gasteiger partial charge in [0.1, 0.15) is 0 Å². The molecule has 0 unspecified atom stereocenters. The fraction of sp³-hybridized carbons (Fsp3) is 0.368. The Morgan fingerprint density at radius 3 is 1.67 bits per heavy atom. The molecule has 2 aromatic carbocycles. The van der Waals surface area contributed by atoms with Gasteiger partial charge in [-0.25, -0.2) is 8.42 Å². The van der Waals surface area contributed by atoms with Gasteiger partial charge in [0.25, 0.3) is 0 Å². The molecule has 4 nitrogen and oxygen atoms in total. The highest BCUT2D eigenvalue weighted by Crippen LogP contribution is 2.29. The van der Waals surface area contributed by atoms with Crippen LogP contribution in [-0.4, -0.2) is 13.2 Å². The first-order valence-corrected chi connectivity index (χ1v) is 9.85. The number of anilines is 1. The summed E-state index contributed by atoms with van der Waals surface area (Å²) >= 11 is 0. The topological polar surface area (TPSA) is 58.2 Å². The second-order valence-corrected chi connectivity index (χ2v) is 9.65. The predicted molar refractivity (Wildman–Crippen MR) is 101 cm³/mol. The van der Waals surface area contributed by atoms with Crippen molar-refractivity contribution < 1.29 is 21.6 Å². The lowest BCUT2D eigenvalue weighted by atomic mass is 10.1. The lowest BCUT2D eigenvalue weighted by molar-refractivity contribution is -0.137. The number of nitrogens with one attached hydrogen (secondary N) is 2. The summed E-state index contributed by atoms with van der Waals surface area (Å²) in [7, 11) is -3.48. The zero-order chi connectivity index (χ0) is 20.3. The van der Waals surface area contributed by atoms with Gasteiger partial charge < -0.3 is 5.32 Å². The van der Waals surface area contributed by atoms with Crippen molar-refractivity contribution in [1.82, 2.24) is 5.32 Å². The SMILES string of the molecule is CC(C)(C)S(=O)(=O)Nc1ccc(CNCc2ccc(C(F)(F)F)cc2)cc1. The zero-order valence-corrected chi connectivity index (χ0v) is 16.2. The molecule has 148 valence electrons. The maximum atomic E-state index is 12.5. The second kappa shape index (κ2) is 7.90. The quantitative estimate of drug-likeness (QED) is 0.749. The van der Waals surface area contributed by atoms with E-state index in [0.29, 0.717) is 18.8 Å². The Balaban J connectivity index is 1.89. The summed E-state index contributed by atoms with van der Waals surface area (Å²) in [6, 6.07) is 12.0.